The fraction of sp³-hybridized carbons (Fsp3) is 0.571. The number of rotatable bonds is 9. The molecule has 0 aliphatic carbocycles. The van der Waals surface area contributed by atoms with E-state index in [0.29, 0.717) is 0 Å². The normalized spacial score (nSPS) is 12.7. The Kier molecular flexibility index (Phi) is 7.36. The molecule has 0 radical (unpaired) electrons. The van der Waals surface area contributed by atoms with Crippen molar-refractivity contribution in [1.29, 1.82) is 0 Å². The topological polar surface area (TPSA) is 55.4 Å². The minimum absolute atomic E-state index is 0.801. The van der Waals surface area contributed by atoms with Gasteiger partial charge in [-0.15, -0.1) is 0 Å². The summed E-state index contributed by atoms with van der Waals surface area (Å²) in [7, 11) is 3.39. The maximum absolute atomic E-state index is 5.68. The minimum atomic E-state index is -3.07. The summed E-state index contributed by atoms with van der Waals surface area (Å²) >= 11 is 0. The van der Waals surface area contributed by atoms with Crippen LogP contribution in [0.5, 0.6) is 0 Å². The highest BCUT2D eigenvalue weighted by molar-refractivity contribution is 6.86. The highest BCUT2D eigenvalue weighted by Crippen LogP contribution is 2.15. The molecule has 0 N–H and O–H groups in total. The van der Waals surface area contributed by atoms with Crippen molar-refractivity contribution in [3.8, 4) is 0 Å². The molecule has 8 heteroatoms. The van der Waals surface area contributed by atoms with E-state index in [1.807, 2.05) is 18.2 Å². The molecule has 0 saturated carbocycles. The van der Waals surface area contributed by atoms with Crippen molar-refractivity contribution in [1.82, 2.24) is 0 Å². The number of benzene rings is 1. The largest absolute Gasteiger partial charge is 0.536 e. The van der Waals surface area contributed by atoms with Gasteiger partial charge < -0.3 is 26.6 Å². The predicted octanol–water partition coefficient (Wildman–Crippen LogP) is 0.419. The van der Waals surface area contributed by atoms with E-state index in [1.54, 1.807) is 42.7 Å². The second-order valence-corrected chi connectivity index (χ2v) is 10.2. The Morgan fingerprint density at radius 2 is 1.18 bits per heavy atom. The lowest BCUT2D eigenvalue weighted by Gasteiger charge is -2.33. The van der Waals surface area contributed by atoms with Crippen LogP contribution in [0.25, 0.3) is 0 Å². The predicted molar refractivity (Wildman–Crippen MR) is 88.7 cm³/mol. The third-order valence-electron chi connectivity index (χ3n) is 3.78. The zero-order valence-corrected chi connectivity index (χ0v) is 16.4. The SMILES string of the molecule is CCc1cccc([Si](OC)(OC)OC)c1[Si](OC)(OC)OC. The van der Waals surface area contributed by atoms with Crippen LogP contribution in [0, 0.1) is 0 Å². The fourth-order valence-electron chi connectivity index (χ4n) is 2.65. The maximum atomic E-state index is 5.68. The van der Waals surface area contributed by atoms with Crippen LogP contribution in [0.2, 0.25) is 0 Å². The van der Waals surface area contributed by atoms with Crippen molar-refractivity contribution >= 4 is 28.0 Å². The van der Waals surface area contributed by atoms with Crippen molar-refractivity contribution in [2.45, 2.75) is 13.3 Å². The van der Waals surface area contributed by atoms with Gasteiger partial charge in [0.15, 0.2) is 0 Å². The van der Waals surface area contributed by atoms with Crippen molar-refractivity contribution in [3.63, 3.8) is 0 Å². The molecule has 0 saturated heterocycles. The Morgan fingerprint density at radius 3 is 1.55 bits per heavy atom. The second kappa shape index (κ2) is 8.32. The Bertz CT molecular complexity index is 458. The van der Waals surface area contributed by atoms with Crippen LogP contribution in [-0.4, -0.2) is 60.3 Å². The average molecular weight is 347 g/mol. The van der Waals surface area contributed by atoms with Gasteiger partial charge in [0, 0.05) is 53.0 Å². The van der Waals surface area contributed by atoms with Crippen molar-refractivity contribution < 1.29 is 26.6 Å². The lowest BCUT2D eigenvalue weighted by atomic mass is 10.2. The maximum Gasteiger partial charge on any atom is 0.536 e. The summed E-state index contributed by atoms with van der Waals surface area (Å²) in [6.07, 6.45) is 0.801. The molecule has 126 valence electrons. The lowest BCUT2D eigenvalue weighted by Crippen LogP contribution is -2.69. The molecule has 0 aromatic heterocycles. The summed E-state index contributed by atoms with van der Waals surface area (Å²) in [6, 6.07) is 5.91. The van der Waals surface area contributed by atoms with Gasteiger partial charge in [0.1, 0.15) is 0 Å². The van der Waals surface area contributed by atoms with Gasteiger partial charge in [-0.25, -0.2) is 0 Å². The zero-order chi connectivity index (χ0) is 16.8. The Hall–Kier alpha value is -0.586. The molecule has 0 spiro atoms. The van der Waals surface area contributed by atoms with E-state index >= 15 is 0 Å². The fourth-order valence-corrected chi connectivity index (χ4v) is 7.67. The Labute approximate surface area is 135 Å². The Morgan fingerprint density at radius 1 is 0.727 bits per heavy atom. The van der Waals surface area contributed by atoms with Gasteiger partial charge >= 0.3 is 17.6 Å². The van der Waals surface area contributed by atoms with E-state index in [0.717, 1.165) is 22.4 Å². The van der Waals surface area contributed by atoms with Crippen molar-refractivity contribution in [3.05, 3.63) is 23.8 Å². The highest BCUT2D eigenvalue weighted by atomic mass is 28.4. The molecule has 0 amide bonds. The van der Waals surface area contributed by atoms with Gasteiger partial charge in [0.05, 0.1) is 0 Å². The molecule has 0 heterocycles. The minimum Gasteiger partial charge on any atom is -0.373 e. The van der Waals surface area contributed by atoms with E-state index < -0.39 is 17.6 Å². The molecule has 0 fully saturated rings. The molecule has 1 aromatic carbocycles. The van der Waals surface area contributed by atoms with E-state index in [2.05, 4.69) is 6.92 Å². The molecule has 0 bridgehead atoms. The van der Waals surface area contributed by atoms with E-state index in [1.165, 1.54) is 0 Å². The van der Waals surface area contributed by atoms with Crippen LogP contribution in [-0.2, 0) is 33.0 Å². The highest BCUT2D eigenvalue weighted by Gasteiger charge is 2.52. The van der Waals surface area contributed by atoms with Crippen LogP contribution in [0.3, 0.4) is 0 Å². The molecule has 0 aliphatic rings. The van der Waals surface area contributed by atoms with Gasteiger partial charge in [-0.3, -0.25) is 0 Å². The lowest BCUT2D eigenvalue weighted by molar-refractivity contribution is 0.134. The second-order valence-electron chi connectivity index (χ2n) is 4.53. The molecule has 0 aliphatic heterocycles. The van der Waals surface area contributed by atoms with E-state index in [9.17, 15) is 0 Å². The number of hydrogen-bond donors (Lipinski definition) is 0. The van der Waals surface area contributed by atoms with Crippen LogP contribution >= 0.6 is 0 Å². The molecular weight excluding hydrogens is 320 g/mol. The van der Waals surface area contributed by atoms with Crippen LogP contribution in [0.4, 0.5) is 0 Å². The summed E-state index contributed by atoms with van der Waals surface area (Å²) in [5.41, 5.74) is 1.07. The zero-order valence-electron chi connectivity index (χ0n) is 14.4. The molecule has 0 unspecified atom stereocenters. The summed E-state index contributed by atoms with van der Waals surface area (Å²) in [5, 5.41) is 1.68. The molecule has 0 atom stereocenters. The smallest absolute Gasteiger partial charge is 0.373 e. The van der Waals surface area contributed by atoms with Gasteiger partial charge in [0.2, 0.25) is 0 Å². The number of aryl methyl sites for hydroxylation is 1. The van der Waals surface area contributed by atoms with Gasteiger partial charge in [0.25, 0.3) is 0 Å². The first kappa shape index (κ1) is 19.5. The third-order valence-corrected chi connectivity index (χ3v) is 9.53. The summed E-state index contributed by atoms with van der Waals surface area (Å²) in [5.74, 6) is 0. The molecule has 6 nitrogen and oxygen atoms in total. The average Bonchev–Trinajstić information content (AvgIpc) is 2.59. The molecule has 1 rings (SSSR count). The quantitative estimate of drug-likeness (QED) is 0.604. The van der Waals surface area contributed by atoms with E-state index in [-0.39, 0.29) is 0 Å². The molecule has 1 aromatic rings. The van der Waals surface area contributed by atoms with Crippen LogP contribution in [0.15, 0.2) is 18.2 Å². The monoisotopic (exact) mass is 346 g/mol. The molecular formula is C14H26O6Si2. The van der Waals surface area contributed by atoms with Gasteiger partial charge in [-0.1, -0.05) is 25.1 Å². The van der Waals surface area contributed by atoms with Crippen molar-refractivity contribution in [2.24, 2.45) is 0 Å². The standard InChI is InChI=1S/C14H26O6Si2/c1-8-12-10-9-11-13(21(15-2,16-3)17-4)14(12)22(18-5,19-6)20-7/h9-11H,8H2,1-7H3. The third kappa shape index (κ3) is 3.19. The number of hydrogen-bond acceptors (Lipinski definition) is 6. The van der Waals surface area contributed by atoms with Crippen LogP contribution in [0.1, 0.15) is 12.5 Å². The first-order chi connectivity index (χ1) is 10.5. The molecule has 22 heavy (non-hydrogen) atoms. The van der Waals surface area contributed by atoms with Gasteiger partial charge in [-0.05, 0) is 12.0 Å². The van der Waals surface area contributed by atoms with Crippen molar-refractivity contribution in [2.75, 3.05) is 42.7 Å². The first-order valence-corrected chi connectivity index (χ1v) is 10.4. The van der Waals surface area contributed by atoms with Gasteiger partial charge in [-0.2, -0.15) is 0 Å². The summed E-state index contributed by atoms with van der Waals surface area (Å²) < 4.78 is 34.0. The summed E-state index contributed by atoms with van der Waals surface area (Å²) in [6.45, 7) is 2.07. The summed E-state index contributed by atoms with van der Waals surface area (Å²) in [4.78, 5) is 0. The Balaban J connectivity index is 3.74. The van der Waals surface area contributed by atoms with Crippen LogP contribution < -0.4 is 10.4 Å². The van der Waals surface area contributed by atoms with E-state index in [4.69, 9.17) is 26.6 Å². The first-order valence-electron chi connectivity index (χ1n) is 6.98.